The summed E-state index contributed by atoms with van der Waals surface area (Å²) in [7, 11) is 2.66. The van der Waals surface area contributed by atoms with Gasteiger partial charge in [-0.15, -0.1) is 0 Å². The van der Waals surface area contributed by atoms with Crippen LogP contribution in [0.3, 0.4) is 0 Å². The molecule has 1 N–H and O–H groups in total. The van der Waals surface area contributed by atoms with Gasteiger partial charge in [0.1, 0.15) is 11.6 Å². The lowest BCUT2D eigenvalue weighted by molar-refractivity contribution is -0.255. The summed E-state index contributed by atoms with van der Waals surface area (Å²) in [5.74, 6) is -2.00. The van der Waals surface area contributed by atoms with E-state index in [-0.39, 0.29) is 22.6 Å². The van der Waals surface area contributed by atoms with Crippen LogP contribution in [0.4, 0.5) is 4.39 Å². The van der Waals surface area contributed by atoms with Gasteiger partial charge in [0.05, 0.1) is 32.0 Å². The van der Waals surface area contributed by atoms with E-state index in [4.69, 9.17) is 14.2 Å². The van der Waals surface area contributed by atoms with Crippen LogP contribution in [0.25, 0.3) is 0 Å². The molecule has 1 atom stereocenters. The van der Waals surface area contributed by atoms with E-state index in [0.29, 0.717) is 5.75 Å². The number of methoxy groups -OCH3 is 2. The summed E-state index contributed by atoms with van der Waals surface area (Å²) in [5.41, 5.74) is 2.12. The zero-order valence-electron chi connectivity index (χ0n) is 15.4. The van der Waals surface area contributed by atoms with Crippen molar-refractivity contribution in [3.63, 3.8) is 0 Å². The maximum Gasteiger partial charge on any atom is 0.280 e. The molecule has 0 fully saturated rings. The number of hydrogen-bond donors (Lipinski definition) is 1. The second kappa shape index (κ2) is 9.36. The number of benzene rings is 2. The number of rotatable bonds is 8. The molecule has 0 unspecified atom stereocenters. The van der Waals surface area contributed by atoms with Crippen LogP contribution in [0, 0.1) is 5.82 Å². The number of aromatic carboxylic acids is 1. The Bertz CT molecular complexity index is 883. The van der Waals surface area contributed by atoms with Crippen molar-refractivity contribution < 1.29 is 33.3 Å². The number of nitrogens with one attached hydrogen (secondary N) is 1. The lowest BCUT2D eigenvalue weighted by atomic mass is 10.1. The minimum atomic E-state index is -1.49. The Morgan fingerprint density at radius 3 is 2.39 bits per heavy atom. The second-order valence-corrected chi connectivity index (χ2v) is 5.50. The van der Waals surface area contributed by atoms with Crippen LogP contribution in [0.15, 0.2) is 41.5 Å². The van der Waals surface area contributed by atoms with Crippen molar-refractivity contribution in [2.75, 3.05) is 14.2 Å². The van der Waals surface area contributed by atoms with Gasteiger partial charge in [-0.1, -0.05) is 0 Å². The molecule has 0 bridgehead atoms. The quantitative estimate of drug-likeness (QED) is 0.535. The highest BCUT2D eigenvalue weighted by atomic mass is 19.1. The molecule has 1 amide bonds. The Labute approximate surface area is 160 Å². The number of halogens is 1. The van der Waals surface area contributed by atoms with Crippen molar-refractivity contribution in [3.8, 4) is 17.2 Å². The highest BCUT2D eigenvalue weighted by molar-refractivity contribution is 6.01. The second-order valence-electron chi connectivity index (χ2n) is 5.50. The van der Waals surface area contributed by atoms with Crippen LogP contribution in [-0.2, 0) is 4.79 Å². The summed E-state index contributed by atoms with van der Waals surface area (Å²) in [5, 5.41) is 15.2. The Morgan fingerprint density at radius 1 is 1.14 bits per heavy atom. The SMILES string of the molecule is COc1ccc(/C=N\NC(=O)[C@@H](C)Oc2ccc(F)cc2)c(C(=O)[O-])c1OC. The number of carbonyl (C=O) groups excluding carboxylic acids is 2. The van der Waals surface area contributed by atoms with Crippen LogP contribution >= 0.6 is 0 Å². The highest BCUT2D eigenvalue weighted by Crippen LogP contribution is 2.32. The first kappa shape index (κ1) is 20.7. The molecule has 0 spiro atoms. The summed E-state index contributed by atoms with van der Waals surface area (Å²) >= 11 is 0. The van der Waals surface area contributed by atoms with Gasteiger partial charge in [-0.25, -0.2) is 9.82 Å². The van der Waals surface area contributed by atoms with E-state index in [1.165, 1.54) is 57.5 Å². The standard InChI is InChI=1S/C19H19FN2O6/c1-11(28-14-7-5-13(20)6-8-14)18(23)22-21-10-12-4-9-15(26-2)17(27-3)16(12)19(24)25/h4-11H,1-3H3,(H,22,23)(H,24,25)/p-1/b21-10-/t11-/m1/s1. The largest absolute Gasteiger partial charge is 0.545 e. The Kier molecular flexibility index (Phi) is 6.91. The van der Waals surface area contributed by atoms with Gasteiger partial charge in [0, 0.05) is 5.56 Å². The van der Waals surface area contributed by atoms with Gasteiger partial charge in [-0.3, -0.25) is 4.79 Å². The molecule has 2 aromatic rings. The van der Waals surface area contributed by atoms with Crippen molar-refractivity contribution in [1.29, 1.82) is 0 Å². The predicted octanol–water partition coefficient (Wildman–Crippen LogP) is 1.12. The fourth-order valence-corrected chi connectivity index (χ4v) is 2.29. The molecule has 2 rings (SSSR count). The molecule has 0 aliphatic carbocycles. The fraction of sp³-hybridized carbons (Fsp3) is 0.211. The van der Waals surface area contributed by atoms with E-state index in [9.17, 15) is 19.1 Å². The van der Waals surface area contributed by atoms with Crippen LogP contribution in [0.2, 0.25) is 0 Å². The summed E-state index contributed by atoms with van der Waals surface area (Å²) in [6, 6.07) is 8.11. The molecule has 9 heteroatoms. The van der Waals surface area contributed by atoms with Gasteiger partial charge in [0.2, 0.25) is 0 Å². The molecule has 0 aromatic heterocycles. The molecule has 0 saturated carbocycles. The first-order chi connectivity index (χ1) is 13.4. The first-order valence-electron chi connectivity index (χ1n) is 8.08. The van der Waals surface area contributed by atoms with Gasteiger partial charge < -0.3 is 24.1 Å². The van der Waals surface area contributed by atoms with Gasteiger partial charge in [-0.2, -0.15) is 5.10 Å². The summed E-state index contributed by atoms with van der Waals surface area (Å²) in [6.45, 7) is 1.48. The van der Waals surface area contributed by atoms with Crippen LogP contribution < -0.4 is 24.7 Å². The van der Waals surface area contributed by atoms with E-state index in [1.54, 1.807) is 0 Å². The topological polar surface area (TPSA) is 109 Å². The zero-order chi connectivity index (χ0) is 20.7. The first-order valence-corrected chi connectivity index (χ1v) is 8.08. The summed E-state index contributed by atoms with van der Waals surface area (Å²) in [4.78, 5) is 23.5. The molecule has 0 aliphatic heterocycles. The van der Waals surface area contributed by atoms with Gasteiger partial charge >= 0.3 is 0 Å². The minimum Gasteiger partial charge on any atom is -0.545 e. The van der Waals surface area contributed by atoms with Crippen molar-refractivity contribution in [2.24, 2.45) is 5.10 Å². The molecular formula is C19H18FN2O6-. The predicted molar refractivity (Wildman–Crippen MR) is 96.1 cm³/mol. The molecule has 0 saturated heterocycles. The van der Waals surface area contributed by atoms with E-state index in [1.807, 2.05) is 0 Å². The van der Waals surface area contributed by atoms with Crippen molar-refractivity contribution in [2.45, 2.75) is 13.0 Å². The lowest BCUT2D eigenvalue weighted by Crippen LogP contribution is -2.33. The van der Waals surface area contributed by atoms with Crippen molar-refractivity contribution in [3.05, 3.63) is 53.3 Å². The Balaban J connectivity index is 2.10. The smallest absolute Gasteiger partial charge is 0.280 e. The summed E-state index contributed by atoms with van der Waals surface area (Å²) in [6.07, 6.45) is 0.212. The Hall–Kier alpha value is -3.62. The van der Waals surface area contributed by atoms with Crippen LogP contribution in [-0.4, -0.2) is 38.4 Å². The number of hydrogen-bond acceptors (Lipinski definition) is 7. The third-order valence-electron chi connectivity index (χ3n) is 3.66. The van der Waals surface area contributed by atoms with Crippen LogP contribution in [0.5, 0.6) is 17.2 Å². The van der Waals surface area contributed by atoms with Crippen molar-refractivity contribution in [1.82, 2.24) is 5.43 Å². The fourth-order valence-electron chi connectivity index (χ4n) is 2.29. The number of carbonyl (C=O) groups is 2. The highest BCUT2D eigenvalue weighted by Gasteiger charge is 2.16. The van der Waals surface area contributed by atoms with Crippen molar-refractivity contribution >= 4 is 18.1 Å². The van der Waals surface area contributed by atoms with Gasteiger partial charge in [0.25, 0.3) is 5.91 Å². The third kappa shape index (κ3) is 4.97. The van der Waals surface area contributed by atoms with Gasteiger partial charge in [0.15, 0.2) is 17.6 Å². The maximum absolute atomic E-state index is 12.9. The van der Waals surface area contributed by atoms with E-state index in [2.05, 4.69) is 10.5 Å². The molecule has 148 valence electrons. The monoisotopic (exact) mass is 389 g/mol. The molecule has 8 nitrogen and oxygen atoms in total. The average molecular weight is 389 g/mol. The van der Waals surface area contributed by atoms with E-state index in [0.717, 1.165) is 6.21 Å². The molecule has 0 radical (unpaired) electrons. The average Bonchev–Trinajstić information content (AvgIpc) is 2.68. The Morgan fingerprint density at radius 2 is 1.82 bits per heavy atom. The van der Waals surface area contributed by atoms with E-state index < -0.39 is 23.8 Å². The lowest BCUT2D eigenvalue weighted by Gasteiger charge is -2.16. The molecule has 0 aliphatic rings. The van der Waals surface area contributed by atoms with Gasteiger partial charge in [-0.05, 0) is 43.3 Å². The number of nitrogens with zero attached hydrogens (tertiary/aromatic N) is 1. The molecule has 0 heterocycles. The minimum absolute atomic E-state index is 0.0224. The number of ether oxygens (including phenoxy) is 3. The van der Waals surface area contributed by atoms with E-state index >= 15 is 0 Å². The number of carboxylic acid groups (broad SMARTS) is 1. The zero-order valence-corrected chi connectivity index (χ0v) is 15.4. The number of hydrazone groups is 1. The maximum atomic E-state index is 12.9. The third-order valence-corrected chi connectivity index (χ3v) is 3.66. The summed E-state index contributed by atoms with van der Waals surface area (Å²) < 4.78 is 28.4. The molecule has 2 aromatic carbocycles. The number of carboxylic acids is 1. The normalized spacial score (nSPS) is 11.7. The number of amides is 1. The van der Waals surface area contributed by atoms with Crippen LogP contribution in [0.1, 0.15) is 22.8 Å². The molecular weight excluding hydrogens is 371 g/mol. The molecule has 28 heavy (non-hydrogen) atoms.